The van der Waals surface area contributed by atoms with Gasteiger partial charge in [-0.25, -0.2) is 4.39 Å². The molecule has 0 saturated carbocycles. The number of aryl methyl sites for hydroxylation is 1. The molecular formula is C25H32ClFN2O4. The summed E-state index contributed by atoms with van der Waals surface area (Å²) in [5.41, 5.74) is -0.876. The fourth-order valence-electron chi connectivity index (χ4n) is 4.79. The topological polar surface area (TPSA) is 76.4 Å². The summed E-state index contributed by atoms with van der Waals surface area (Å²) in [5, 5.41) is 33.3. The van der Waals surface area contributed by atoms with Crippen LogP contribution in [0.1, 0.15) is 24.8 Å². The lowest BCUT2D eigenvalue weighted by atomic mass is 9.86. The Kier molecular flexibility index (Phi) is 7.17. The number of rotatable bonds is 6. The molecule has 2 heterocycles. The summed E-state index contributed by atoms with van der Waals surface area (Å²) < 4.78 is 19.9. The van der Waals surface area contributed by atoms with E-state index in [1.807, 2.05) is 28.9 Å². The second kappa shape index (κ2) is 9.76. The number of likely N-dealkylation sites (tertiary alicyclic amines) is 1. The van der Waals surface area contributed by atoms with E-state index in [9.17, 15) is 19.7 Å². The molecule has 0 bridgehead atoms. The number of hydrogen-bond acceptors (Lipinski definition) is 6. The minimum atomic E-state index is -1.48. The van der Waals surface area contributed by atoms with E-state index in [4.69, 9.17) is 16.3 Å². The Morgan fingerprint density at radius 2 is 1.85 bits per heavy atom. The third-order valence-corrected chi connectivity index (χ3v) is 7.12. The van der Waals surface area contributed by atoms with Gasteiger partial charge in [0, 0.05) is 32.7 Å². The Morgan fingerprint density at radius 1 is 1.12 bits per heavy atom. The number of nitrogens with zero attached hydrogens (tertiary/aromatic N) is 2. The van der Waals surface area contributed by atoms with Gasteiger partial charge in [0.25, 0.3) is 0 Å². The van der Waals surface area contributed by atoms with E-state index in [0.717, 1.165) is 5.56 Å². The van der Waals surface area contributed by atoms with Crippen molar-refractivity contribution < 1.29 is 24.4 Å². The van der Waals surface area contributed by atoms with Gasteiger partial charge in [0.1, 0.15) is 23.8 Å². The highest BCUT2D eigenvalue weighted by Crippen LogP contribution is 2.32. The van der Waals surface area contributed by atoms with E-state index in [2.05, 4.69) is 0 Å². The molecule has 2 atom stereocenters. The van der Waals surface area contributed by atoms with Crippen LogP contribution in [0.3, 0.4) is 0 Å². The monoisotopic (exact) mass is 478 g/mol. The fraction of sp³-hybridized carbons (Fsp3) is 0.520. The highest BCUT2D eigenvalue weighted by atomic mass is 35.5. The minimum Gasteiger partial charge on any atom is -0.489 e. The first kappa shape index (κ1) is 24.2. The Bertz CT molecular complexity index is 969. The van der Waals surface area contributed by atoms with Crippen molar-refractivity contribution >= 4 is 17.3 Å². The van der Waals surface area contributed by atoms with E-state index in [-0.39, 0.29) is 19.0 Å². The quantitative estimate of drug-likeness (QED) is 0.592. The molecule has 6 nitrogen and oxygen atoms in total. The SMILES string of the molecule is Cc1ccc(Cl)c(OC[C@@]2(O)CN(CC3(O)CCN(c4ccccc4F)CC3)CC[C@@H]2O)c1. The summed E-state index contributed by atoms with van der Waals surface area (Å²) in [5.74, 6) is 0.209. The van der Waals surface area contributed by atoms with Crippen molar-refractivity contribution in [3.05, 3.63) is 58.9 Å². The van der Waals surface area contributed by atoms with Crippen LogP contribution >= 0.6 is 11.6 Å². The molecule has 3 N–H and O–H groups in total. The van der Waals surface area contributed by atoms with Crippen LogP contribution in [0.5, 0.6) is 5.75 Å². The lowest BCUT2D eigenvalue weighted by molar-refractivity contribution is -0.149. The summed E-state index contributed by atoms with van der Waals surface area (Å²) in [6.45, 7) is 4.03. The number of benzene rings is 2. The van der Waals surface area contributed by atoms with Crippen molar-refractivity contribution in [2.45, 2.75) is 43.5 Å². The molecule has 4 rings (SSSR count). The average Bonchev–Trinajstić information content (AvgIpc) is 2.78. The smallest absolute Gasteiger partial charge is 0.146 e. The zero-order chi connectivity index (χ0) is 23.6. The molecule has 0 amide bonds. The van der Waals surface area contributed by atoms with Gasteiger partial charge in [0.15, 0.2) is 0 Å². The maximum Gasteiger partial charge on any atom is 0.146 e. The molecule has 33 heavy (non-hydrogen) atoms. The van der Waals surface area contributed by atoms with Gasteiger partial charge in [-0.15, -0.1) is 0 Å². The van der Waals surface area contributed by atoms with Crippen molar-refractivity contribution in [1.82, 2.24) is 4.90 Å². The molecule has 0 aliphatic carbocycles. The van der Waals surface area contributed by atoms with Crippen LogP contribution in [0.15, 0.2) is 42.5 Å². The minimum absolute atomic E-state index is 0.104. The summed E-state index contributed by atoms with van der Waals surface area (Å²) >= 11 is 6.20. The number of β-amino-alcohol motifs (C(OH)–C–C–N with tert-alkyl or cyclic N) is 2. The van der Waals surface area contributed by atoms with Crippen LogP contribution in [0.2, 0.25) is 5.02 Å². The molecule has 180 valence electrons. The second-order valence-electron chi connectivity index (χ2n) is 9.50. The average molecular weight is 479 g/mol. The van der Waals surface area contributed by atoms with Crippen LogP contribution in [-0.4, -0.2) is 76.9 Å². The van der Waals surface area contributed by atoms with Crippen molar-refractivity contribution in [3.8, 4) is 5.75 Å². The van der Waals surface area contributed by atoms with Crippen LogP contribution in [0, 0.1) is 12.7 Å². The Labute approximate surface area is 199 Å². The number of aliphatic hydroxyl groups is 3. The number of hydrogen-bond donors (Lipinski definition) is 3. The van der Waals surface area contributed by atoms with E-state index < -0.39 is 17.3 Å². The van der Waals surface area contributed by atoms with Crippen molar-refractivity contribution in [3.63, 3.8) is 0 Å². The number of para-hydroxylation sites is 1. The summed E-state index contributed by atoms with van der Waals surface area (Å²) in [7, 11) is 0. The number of aliphatic hydroxyl groups excluding tert-OH is 1. The zero-order valence-electron chi connectivity index (χ0n) is 18.9. The maximum absolute atomic E-state index is 14.1. The van der Waals surface area contributed by atoms with E-state index >= 15 is 0 Å². The molecule has 0 aromatic heterocycles. The van der Waals surface area contributed by atoms with Crippen LogP contribution in [0.4, 0.5) is 10.1 Å². The van der Waals surface area contributed by atoms with Crippen molar-refractivity contribution in [2.75, 3.05) is 44.2 Å². The molecule has 2 aromatic carbocycles. The van der Waals surface area contributed by atoms with Gasteiger partial charge < -0.3 is 25.0 Å². The maximum atomic E-state index is 14.1. The predicted octanol–water partition coefficient (Wildman–Crippen LogP) is 3.00. The third-order valence-electron chi connectivity index (χ3n) is 6.81. The summed E-state index contributed by atoms with van der Waals surface area (Å²) in [4.78, 5) is 3.94. The third kappa shape index (κ3) is 5.61. The Balaban J connectivity index is 1.36. The molecule has 8 heteroatoms. The molecular weight excluding hydrogens is 447 g/mol. The van der Waals surface area contributed by atoms with E-state index in [1.54, 1.807) is 24.3 Å². The van der Waals surface area contributed by atoms with Crippen LogP contribution < -0.4 is 9.64 Å². The van der Waals surface area contributed by atoms with Gasteiger partial charge in [0.05, 0.1) is 22.4 Å². The van der Waals surface area contributed by atoms with Crippen molar-refractivity contribution in [1.29, 1.82) is 0 Å². The highest BCUT2D eigenvalue weighted by molar-refractivity contribution is 6.32. The first-order valence-corrected chi connectivity index (χ1v) is 11.8. The van der Waals surface area contributed by atoms with E-state index in [0.29, 0.717) is 61.9 Å². The first-order valence-electron chi connectivity index (χ1n) is 11.4. The molecule has 2 aromatic rings. The van der Waals surface area contributed by atoms with Gasteiger partial charge in [0.2, 0.25) is 0 Å². The lowest BCUT2D eigenvalue weighted by Crippen LogP contribution is -2.62. The number of anilines is 1. The molecule has 0 spiro atoms. The second-order valence-corrected chi connectivity index (χ2v) is 9.91. The standard InChI is InChI=1S/C25H32ClFN2O4/c1-18-6-7-19(26)22(14-18)33-17-25(32)16-28(11-8-23(25)30)15-24(31)9-12-29(13-10-24)21-5-3-2-4-20(21)27/h2-7,14,23,30-32H,8-13,15-17H2,1H3/t23-,25-/m0/s1. The molecule has 2 fully saturated rings. The van der Waals surface area contributed by atoms with Gasteiger partial charge in [-0.3, -0.25) is 4.90 Å². The number of ether oxygens (including phenoxy) is 1. The van der Waals surface area contributed by atoms with Gasteiger partial charge in [-0.2, -0.15) is 0 Å². The lowest BCUT2D eigenvalue weighted by Gasteiger charge is -2.46. The largest absolute Gasteiger partial charge is 0.489 e. The van der Waals surface area contributed by atoms with Gasteiger partial charge in [-0.1, -0.05) is 29.8 Å². The zero-order valence-corrected chi connectivity index (χ0v) is 19.6. The van der Waals surface area contributed by atoms with E-state index in [1.165, 1.54) is 6.07 Å². The van der Waals surface area contributed by atoms with Crippen molar-refractivity contribution in [2.24, 2.45) is 0 Å². The summed E-state index contributed by atoms with van der Waals surface area (Å²) in [6, 6.07) is 12.1. The fourth-order valence-corrected chi connectivity index (χ4v) is 4.96. The molecule has 2 aliphatic rings. The van der Waals surface area contributed by atoms with Crippen LogP contribution in [-0.2, 0) is 0 Å². The predicted molar refractivity (Wildman–Crippen MR) is 126 cm³/mol. The molecule has 0 unspecified atom stereocenters. The first-order chi connectivity index (χ1) is 15.7. The molecule has 2 aliphatic heterocycles. The van der Waals surface area contributed by atoms with Crippen LogP contribution in [0.25, 0.3) is 0 Å². The highest BCUT2D eigenvalue weighted by Gasteiger charge is 2.44. The Hall–Kier alpha value is -1.90. The normalized spacial score (nSPS) is 25.8. The van der Waals surface area contributed by atoms with Gasteiger partial charge in [-0.05, 0) is 56.0 Å². The summed E-state index contributed by atoms with van der Waals surface area (Å²) in [6.07, 6.45) is 0.427. The molecule has 2 saturated heterocycles. The number of halogens is 2. The van der Waals surface area contributed by atoms with Gasteiger partial charge >= 0.3 is 0 Å². The Morgan fingerprint density at radius 3 is 2.58 bits per heavy atom. The molecule has 0 radical (unpaired) electrons. The number of piperidine rings is 2.